The Balaban J connectivity index is 2.17. The Morgan fingerprint density at radius 3 is 2.47 bits per heavy atom. The molecule has 17 heavy (non-hydrogen) atoms. The molecule has 0 aromatic carbocycles. The van der Waals surface area contributed by atoms with E-state index in [0.717, 1.165) is 24.0 Å². The van der Waals surface area contributed by atoms with Gasteiger partial charge in [-0.3, -0.25) is 0 Å². The van der Waals surface area contributed by atoms with Crippen LogP contribution in [0.2, 0.25) is 0 Å². The standard InChI is InChI=1S/C14H20O3/c1-8-9(2)14(4,5)7-6-11(8)12-10(3)16-13(15)17-12/h10-12H,1-2,6-7H2,3-5H3. The van der Waals surface area contributed by atoms with Gasteiger partial charge in [-0.25, -0.2) is 4.79 Å². The number of ether oxygens (including phenoxy) is 2. The number of cyclic esters (lactones) is 2. The van der Waals surface area contributed by atoms with Crippen molar-refractivity contribution in [2.45, 2.75) is 45.8 Å². The van der Waals surface area contributed by atoms with E-state index >= 15 is 0 Å². The zero-order valence-electron chi connectivity index (χ0n) is 10.8. The molecule has 0 N–H and O–H groups in total. The molecular formula is C14H20O3. The van der Waals surface area contributed by atoms with Crippen molar-refractivity contribution in [1.29, 1.82) is 0 Å². The Hall–Kier alpha value is -1.25. The van der Waals surface area contributed by atoms with Crippen LogP contribution in [0, 0.1) is 11.3 Å². The molecule has 2 aliphatic rings. The molecule has 94 valence electrons. The Bertz CT molecular complexity index is 381. The van der Waals surface area contributed by atoms with E-state index in [9.17, 15) is 4.79 Å². The smallest absolute Gasteiger partial charge is 0.427 e. The fourth-order valence-electron chi connectivity index (χ4n) is 2.73. The molecule has 0 aromatic heterocycles. The Labute approximate surface area is 102 Å². The molecule has 1 aliphatic carbocycles. The highest BCUT2D eigenvalue weighted by Crippen LogP contribution is 2.47. The van der Waals surface area contributed by atoms with Crippen molar-refractivity contribution in [2.24, 2.45) is 11.3 Å². The van der Waals surface area contributed by atoms with Crippen molar-refractivity contribution >= 4 is 6.16 Å². The van der Waals surface area contributed by atoms with Crippen LogP contribution in [0.1, 0.15) is 33.6 Å². The summed E-state index contributed by atoms with van der Waals surface area (Å²) in [4.78, 5) is 11.1. The second-order valence-corrected chi connectivity index (χ2v) is 5.69. The average Bonchev–Trinajstić information content (AvgIpc) is 2.55. The summed E-state index contributed by atoms with van der Waals surface area (Å²) in [6, 6.07) is 0. The van der Waals surface area contributed by atoms with E-state index in [4.69, 9.17) is 9.47 Å². The normalized spacial score (nSPS) is 36.6. The molecular weight excluding hydrogens is 216 g/mol. The largest absolute Gasteiger partial charge is 0.509 e. The fourth-order valence-corrected chi connectivity index (χ4v) is 2.73. The number of hydrogen-bond donors (Lipinski definition) is 0. The highest BCUT2D eigenvalue weighted by atomic mass is 16.8. The molecule has 3 unspecified atom stereocenters. The summed E-state index contributed by atoms with van der Waals surface area (Å²) in [5.74, 6) is 0.150. The molecule has 0 radical (unpaired) electrons. The van der Waals surface area contributed by atoms with Gasteiger partial charge in [-0.2, -0.15) is 0 Å². The zero-order valence-corrected chi connectivity index (χ0v) is 10.8. The second-order valence-electron chi connectivity index (χ2n) is 5.69. The maximum absolute atomic E-state index is 11.1. The third-order valence-corrected chi connectivity index (χ3v) is 4.11. The Morgan fingerprint density at radius 1 is 1.29 bits per heavy atom. The maximum Gasteiger partial charge on any atom is 0.509 e. The van der Waals surface area contributed by atoms with Crippen LogP contribution < -0.4 is 0 Å². The van der Waals surface area contributed by atoms with Crippen LogP contribution in [0.4, 0.5) is 4.79 Å². The number of rotatable bonds is 1. The molecule has 0 aromatic rings. The van der Waals surface area contributed by atoms with Crippen LogP contribution >= 0.6 is 0 Å². The molecule has 3 nitrogen and oxygen atoms in total. The topological polar surface area (TPSA) is 35.5 Å². The van der Waals surface area contributed by atoms with E-state index in [-0.39, 0.29) is 23.5 Å². The van der Waals surface area contributed by atoms with Gasteiger partial charge in [0.25, 0.3) is 0 Å². The van der Waals surface area contributed by atoms with Crippen molar-refractivity contribution < 1.29 is 14.3 Å². The van der Waals surface area contributed by atoms with E-state index < -0.39 is 6.16 Å². The van der Waals surface area contributed by atoms with Crippen LogP contribution in [0.25, 0.3) is 0 Å². The second kappa shape index (κ2) is 3.90. The quantitative estimate of drug-likeness (QED) is 0.654. The lowest BCUT2D eigenvalue weighted by atomic mass is 9.66. The van der Waals surface area contributed by atoms with Crippen molar-refractivity contribution in [3.63, 3.8) is 0 Å². The first-order valence-corrected chi connectivity index (χ1v) is 6.09. The molecule has 3 heteroatoms. The van der Waals surface area contributed by atoms with Crippen molar-refractivity contribution in [2.75, 3.05) is 0 Å². The summed E-state index contributed by atoms with van der Waals surface area (Å²) in [5, 5.41) is 0. The third kappa shape index (κ3) is 1.99. The van der Waals surface area contributed by atoms with Gasteiger partial charge in [0.2, 0.25) is 0 Å². The molecule has 1 aliphatic heterocycles. The van der Waals surface area contributed by atoms with Crippen molar-refractivity contribution in [3.05, 3.63) is 24.3 Å². The predicted octanol–water partition coefficient (Wildman–Crippen LogP) is 3.46. The molecule has 2 fully saturated rings. The number of hydrogen-bond acceptors (Lipinski definition) is 3. The minimum atomic E-state index is -0.564. The molecule has 0 bridgehead atoms. The maximum atomic E-state index is 11.1. The molecule has 3 atom stereocenters. The van der Waals surface area contributed by atoms with Gasteiger partial charge in [-0.05, 0) is 36.3 Å². The van der Waals surface area contributed by atoms with Gasteiger partial charge >= 0.3 is 6.16 Å². The lowest BCUT2D eigenvalue weighted by Crippen LogP contribution is -2.36. The van der Waals surface area contributed by atoms with Crippen LogP contribution in [-0.4, -0.2) is 18.4 Å². The number of allylic oxidation sites excluding steroid dienone is 1. The first kappa shape index (κ1) is 12.2. The van der Waals surface area contributed by atoms with Gasteiger partial charge in [0.15, 0.2) is 0 Å². The monoisotopic (exact) mass is 236 g/mol. The zero-order chi connectivity index (χ0) is 12.8. The van der Waals surface area contributed by atoms with Gasteiger partial charge in [0.1, 0.15) is 12.2 Å². The van der Waals surface area contributed by atoms with Crippen LogP contribution in [-0.2, 0) is 9.47 Å². The molecule has 0 spiro atoms. The summed E-state index contributed by atoms with van der Waals surface area (Å²) >= 11 is 0. The molecule has 0 amide bonds. The average molecular weight is 236 g/mol. The van der Waals surface area contributed by atoms with Gasteiger partial charge in [-0.15, -0.1) is 0 Å². The summed E-state index contributed by atoms with van der Waals surface area (Å²) in [6.45, 7) is 14.5. The van der Waals surface area contributed by atoms with E-state index in [1.165, 1.54) is 0 Å². The molecule has 2 rings (SSSR count). The van der Waals surface area contributed by atoms with E-state index in [1.807, 2.05) is 6.92 Å². The minimum absolute atomic E-state index is 0.0975. The van der Waals surface area contributed by atoms with Gasteiger partial charge in [0.05, 0.1) is 0 Å². The SMILES string of the molecule is C=C1C(=C)C(C)(C)CCC1C1OC(=O)OC1C. The van der Waals surface area contributed by atoms with Crippen LogP contribution in [0.5, 0.6) is 0 Å². The summed E-state index contributed by atoms with van der Waals surface area (Å²) in [7, 11) is 0. The van der Waals surface area contributed by atoms with Crippen LogP contribution in [0.15, 0.2) is 24.3 Å². The molecule has 1 saturated heterocycles. The van der Waals surface area contributed by atoms with Gasteiger partial charge < -0.3 is 9.47 Å². The first-order chi connectivity index (χ1) is 7.83. The summed E-state index contributed by atoms with van der Waals surface area (Å²) in [5.41, 5.74) is 2.18. The Morgan fingerprint density at radius 2 is 1.94 bits per heavy atom. The predicted molar refractivity (Wildman–Crippen MR) is 65.6 cm³/mol. The van der Waals surface area contributed by atoms with Crippen molar-refractivity contribution in [1.82, 2.24) is 0 Å². The lowest BCUT2D eigenvalue weighted by Gasteiger charge is -2.40. The van der Waals surface area contributed by atoms with Gasteiger partial charge in [0, 0.05) is 5.92 Å². The molecule has 1 saturated carbocycles. The van der Waals surface area contributed by atoms with Crippen LogP contribution in [0.3, 0.4) is 0 Å². The highest BCUT2D eigenvalue weighted by Gasteiger charge is 2.44. The number of carbonyl (C=O) groups is 1. The van der Waals surface area contributed by atoms with Gasteiger partial charge in [-0.1, -0.05) is 27.0 Å². The minimum Gasteiger partial charge on any atom is -0.427 e. The number of carbonyl (C=O) groups excluding carboxylic acids is 1. The Kier molecular flexibility index (Phi) is 2.80. The molecule has 1 heterocycles. The first-order valence-electron chi connectivity index (χ1n) is 6.09. The van der Waals surface area contributed by atoms with E-state index in [2.05, 4.69) is 27.0 Å². The highest BCUT2D eigenvalue weighted by molar-refractivity contribution is 5.62. The fraction of sp³-hybridized carbons (Fsp3) is 0.643. The van der Waals surface area contributed by atoms with E-state index in [0.29, 0.717) is 0 Å². The third-order valence-electron chi connectivity index (χ3n) is 4.11. The lowest BCUT2D eigenvalue weighted by molar-refractivity contribution is 0.0917. The van der Waals surface area contributed by atoms with E-state index in [1.54, 1.807) is 0 Å². The summed E-state index contributed by atoms with van der Waals surface area (Å²) < 4.78 is 10.3. The van der Waals surface area contributed by atoms with Crippen molar-refractivity contribution in [3.8, 4) is 0 Å². The summed E-state index contributed by atoms with van der Waals surface area (Å²) in [6.07, 6.45) is 1.04.